The van der Waals surface area contributed by atoms with E-state index < -0.39 is 78.3 Å². The molecule has 10 nitrogen and oxygen atoms in total. The third-order valence-corrected chi connectivity index (χ3v) is 10.2. The van der Waals surface area contributed by atoms with Crippen molar-refractivity contribution in [2.45, 2.75) is 99.6 Å². The minimum Gasteiger partial charge on any atom is -0.394 e. The summed E-state index contributed by atoms with van der Waals surface area (Å²) in [6, 6.07) is 32.1. The van der Waals surface area contributed by atoms with Crippen LogP contribution in [0.2, 0.25) is 0 Å². The van der Waals surface area contributed by atoms with Gasteiger partial charge in [-0.3, -0.25) is 0 Å². The minimum atomic E-state index is -4.08. The molecule has 2 heterocycles. The van der Waals surface area contributed by atoms with Gasteiger partial charge in [0, 0.05) is 17.0 Å². The predicted molar refractivity (Wildman–Crippen MR) is 195 cm³/mol. The smallest absolute Gasteiger partial charge is 0.328 e. The van der Waals surface area contributed by atoms with Gasteiger partial charge in [0.25, 0.3) is 11.6 Å². The summed E-state index contributed by atoms with van der Waals surface area (Å²) in [5.74, 6) is -14.5. The van der Waals surface area contributed by atoms with Crippen molar-refractivity contribution in [1.82, 2.24) is 0 Å². The largest absolute Gasteiger partial charge is 0.394 e. The lowest BCUT2D eigenvalue weighted by Gasteiger charge is -2.52. The monoisotopic (exact) mass is 788 g/mol. The van der Waals surface area contributed by atoms with Crippen molar-refractivity contribution >= 4 is 0 Å². The van der Waals surface area contributed by atoms with E-state index in [1.165, 1.54) is 42.5 Å². The van der Waals surface area contributed by atoms with Crippen molar-refractivity contribution in [3.05, 3.63) is 144 Å². The first kappa shape index (κ1) is 43.3. The molecule has 0 aliphatic carbocycles. The normalized spacial score (nSPS) is 30.9. The van der Waals surface area contributed by atoms with Crippen LogP contribution in [0.3, 0.4) is 0 Å². The molecule has 0 unspecified atom stereocenters. The number of aliphatic hydroxyl groups excluding tert-OH is 4. The SMILES string of the molecule is CC[C@H]1O[C@@](O)(C(F)(F)c2ccccc2)[C@H](OCc2ccccc2)[C@@H](OCc2ccccc2)[C@H]1C.OC[C@H]1O[C@@](O)(C(F)(F)c2ccccc2)[C@H](O)[C@@H](O)[C@H]1O. The zero-order chi connectivity index (χ0) is 40.7. The van der Waals surface area contributed by atoms with Gasteiger partial charge in [-0.2, -0.15) is 17.6 Å². The van der Waals surface area contributed by atoms with Gasteiger partial charge in [-0.15, -0.1) is 0 Å². The van der Waals surface area contributed by atoms with Crippen LogP contribution in [0.1, 0.15) is 42.5 Å². The Kier molecular flexibility index (Phi) is 14.1. The molecule has 0 radical (unpaired) electrons. The summed E-state index contributed by atoms with van der Waals surface area (Å²) in [6.07, 6.45) is -10.5. The second kappa shape index (κ2) is 18.2. The number of hydrogen-bond donors (Lipinski definition) is 6. The number of aliphatic hydroxyl groups is 6. The van der Waals surface area contributed by atoms with Crippen LogP contribution in [0, 0.1) is 5.92 Å². The Hall–Kier alpha value is -3.80. The van der Waals surface area contributed by atoms with Gasteiger partial charge in [-0.25, -0.2) is 0 Å². The average Bonchev–Trinajstić information content (AvgIpc) is 3.22. The second-order valence-electron chi connectivity index (χ2n) is 13.9. The van der Waals surface area contributed by atoms with E-state index in [1.807, 2.05) is 74.5 Å². The Balaban J connectivity index is 0.000000244. The molecular weight excluding hydrogens is 740 g/mol. The first-order valence-electron chi connectivity index (χ1n) is 18.3. The summed E-state index contributed by atoms with van der Waals surface area (Å²) in [7, 11) is 0. The highest BCUT2D eigenvalue weighted by Crippen LogP contribution is 2.50. The molecule has 0 amide bonds. The number of alkyl halides is 4. The zero-order valence-electron chi connectivity index (χ0n) is 30.8. The number of benzene rings is 4. The van der Waals surface area contributed by atoms with Crippen molar-refractivity contribution in [3.63, 3.8) is 0 Å². The quantitative estimate of drug-likeness (QED) is 0.108. The number of rotatable bonds is 12. The van der Waals surface area contributed by atoms with Crippen LogP contribution in [0.5, 0.6) is 0 Å². The molecule has 304 valence electrons. The summed E-state index contributed by atoms with van der Waals surface area (Å²) < 4.78 is 83.9. The molecular formula is C42H48F4O10. The summed E-state index contributed by atoms with van der Waals surface area (Å²) in [4.78, 5) is 0. The summed E-state index contributed by atoms with van der Waals surface area (Å²) in [6.45, 7) is 3.05. The molecule has 6 rings (SSSR count). The van der Waals surface area contributed by atoms with Crippen LogP contribution >= 0.6 is 0 Å². The first-order chi connectivity index (χ1) is 26.6. The van der Waals surface area contributed by atoms with Gasteiger partial charge in [0.2, 0.25) is 0 Å². The Labute approximate surface area is 322 Å². The number of hydrogen-bond acceptors (Lipinski definition) is 10. The lowest BCUT2D eigenvalue weighted by Crippen LogP contribution is -2.70. The van der Waals surface area contributed by atoms with Crippen LogP contribution in [-0.2, 0) is 44.0 Å². The second-order valence-corrected chi connectivity index (χ2v) is 13.9. The molecule has 56 heavy (non-hydrogen) atoms. The maximum absolute atomic E-state index is 16.1. The van der Waals surface area contributed by atoms with Gasteiger partial charge < -0.3 is 49.6 Å². The van der Waals surface area contributed by atoms with E-state index in [0.29, 0.717) is 6.42 Å². The molecule has 2 saturated heterocycles. The zero-order valence-corrected chi connectivity index (χ0v) is 30.8. The van der Waals surface area contributed by atoms with E-state index in [0.717, 1.165) is 23.3 Å². The molecule has 6 N–H and O–H groups in total. The van der Waals surface area contributed by atoms with Gasteiger partial charge in [0.1, 0.15) is 30.5 Å². The third-order valence-electron chi connectivity index (χ3n) is 10.2. The van der Waals surface area contributed by atoms with Crippen LogP contribution in [0.25, 0.3) is 0 Å². The van der Waals surface area contributed by atoms with Gasteiger partial charge >= 0.3 is 11.8 Å². The molecule has 14 heteroatoms. The highest BCUT2D eigenvalue weighted by Gasteiger charge is 2.68. The third kappa shape index (κ3) is 8.70. The topological polar surface area (TPSA) is 158 Å². The molecule has 0 saturated carbocycles. The van der Waals surface area contributed by atoms with Gasteiger partial charge in [-0.1, -0.05) is 135 Å². The maximum Gasteiger partial charge on any atom is 0.328 e. The fourth-order valence-corrected chi connectivity index (χ4v) is 6.92. The van der Waals surface area contributed by atoms with Crippen LogP contribution in [0.4, 0.5) is 17.6 Å². The fourth-order valence-electron chi connectivity index (χ4n) is 6.92. The van der Waals surface area contributed by atoms with Crippen molar-refractivity contribution in [2.24, 2.45) is 5.92 Å². The molecule has 2 aliphatic heterocycles. The standard InChI is InChI=1S/C29H32F2O4.C13H16F2O6/c1-3-25-21(2)26(33-19-22-13-7-4-8-14-22)27(34-20-23-15-9-5-10-16-23)29(32,35-25)28(30,31)24-17-11-6-12-18-24;14-12(15,7-4-2-1-3-5-7)13(20)11(19)10(18)9(17)8(6-16)21-13/h4-18,21,25-27,32H,3,19-20H2,1-2H3;1-5,8-11,16-20H,6H2/t21-,25+,26-,27+,29+;8-,9+,10+,11-,13-/m01/s1. The summed E-state index contributed by atoms with van der Waals surface area (Å²) in [5.41, 5.74) is 0.707. The van der Waals surface area contributed by atoms with Crippen LogP contribution < -0.4 is 0 Å². The molecule has 0 spiro atoms. The lowest BCUT2D eigenvalue weighted by molar-refractivity contribution is -0.419. The minimum absolute atomic E-state index is 0.0246. The van der Waals surface area contributed by atoms with E-state index in [1.54, 1.807) is 6.07 Å². The van der Waals surface area contributed by atoms with Crippen molar-refractivity contribution in [2.75, 3.05) is 6.61 Å². The maximum atomic E-state index is 16.1. The molecule has 0 bridgehead atoms. The van der Waals surface area contributed by atoms with Crippen molar-refractivity contribution in [1.29, 1.82) is 0 Å². The molecule has 4 aromatic carbocycles. The molecule has 4 aromatic rings. The highest BCUT2D eigenvalue weighted by molar-refractivity contribution is 5.26. The highest BCUT2D eigenvalue weighted by atomic mass is 19.3. The van der Waals surface area contributed by atoms with Gasteiger partial charge in [-0.05, 0) is 17.5 Å². The lowest BCUT2D eigenvalue weighted by atomic mass is 9.81. The van der Waals surface area contributed by atoms with Crippen LogP contribution in [-0.4, -0.2) is 91.5 Å². The number of halogens is 4. The summed E-state index contributed by atoms with van der Waals surface area (Å²) >= 11 is 0. The fraction of sp³-hybridized carbons (Fsp3) is 0.429. The Morgan fingerprint density at radius 2 is 1.02 bits per heavy atom. The molecule has 2 fully saturated rings. The van der Waals surface area contributed by atoms with Gasteiger partial charge in [0.15, 0.2) is 0 Å². The van der Waals surface area contributed by atoms with Crippen LogP contribution in [0.15, 0.2) is 121 Å². The molecule has 0 aromatic heterocycles. The Bertz CT molecular complexity index is 1780. The van der Waals surface area contributed by atoms with Crippen molar-refractivity contribution in [3.8, 4) is 0 Å². The Morgan fingerprint density at radius 3 is 1.46 bits per heavy atom. The number of ether oxygens (including phenoxy) is 4. The Morgan fingerprint density at radius 1 is 0.607 bits per heavy atom. The molecule has 2 aliphatic rings. The first-order valence-corrected chi connectivity index (χ1v) is 18.3. The molecule has 10 atom stereocenters. The van der Waals surface area contributed by atoms with E-state index in [9.17, 15) is 34.3 Å². The van der Waals surface area contributed by atoms with E-state index in [-0.39, 0.29) is 24.7 Å². The van der Waals surface area contributed by atoms with Gasteiger partial charge in [0.05, 0.1) is 32.0 Å². The van der Waals surface area contributed by atoms with Crippen molar-refractivity contribution < 1.29 is 67.1 Å². The van der Waals surface area contributed by atoms with E-state index in [2.05, 4.69) is 4.74 Å². The summed E-state index contributed by atoms with van der Waals surface area (Å²) in [5, 5.41) is 59.7. The van der Waals surface area contributed by atoms with E-state index in [4.69, 9.17) is 19.3 Å². The predicted octanol–water partition coefficient (Wildman–Crippen LogP) is 5.02. The van der Waals surface area contributed by atoms with E-state index >= 15 is 8.78 Å². The average molecular weight is 789 g/mol.